The van der Waals surface area contributed by atoms with Gasteiger partial charge in [0.2, 0.25) is 0 Å². The molecule has 1 aliphatic rings. The van der Waals surface area contributed by atoms with Crippen LogP contribution in [0.2, 0.25) is 0 Å². The summed E-state index contributed by atoms with van der Waals surface area (Å²) in [6.07, 6.45) is 2.21. The Bertz CT molecular complexity index is 400. The number of ether oxygens (including phenoxy) is 1. The molecule has 1 heterocycles. The maximum Gasteiger partial charge on any atom is 0.339 e. The van der Waals surface area contributed by atoms with Crippen LogP contribution < -0.4 is 5.73 Å². The lowest BCUT2D eigenvalue weighted by Gasteiger charge is -2.08. The van der Waals surface area contributed by atoms with Gasteiger partial charge in [-0.15, -0.1) is 0 Å². The molecule has 0 unspecified atom stereocenters. The Morgan fingerprint density at radius 3 is 2.88 bits per heavy atom. The van der Waals surface area contributed by atoms with E-state index in [-0.39, 0.29) is 5.97 Å². The molecule has 0 radical (unpaired) electrons. The Balaban J connectivity index is 2.32. The Kier molecular flexibility index (Phi) is 3.19. The van der Waals surface area contributed by atoms with Gasteiger partial charge in [-0.05, 0) is 31.9 Å². The molecule has 2 rings (SSSR count). The van der Waals surface area contributed by atoms with Crippen molar-refractivity contribution in [2.45, 2.75) is 32.2 Å². The summed E-state index contributed by atoms with van der Waals surface area (Å²) in [5.74, 6) is 0.145. The van der Waals surface area contributed by atoms with Gasteiger partial charge in [0.25, 0.3) is 0 Å². The zero-order chi connectivity index (χ0) is 11.5. The predicted octanol–water partition coefficient (Wildman–Crippen LogP) is 1.59. The average Bonchev–Trinajstić information content (AvgIpc) is 3.12. The normalized spacial score (nSPS) is 14.9. The summed E-state index contributed by atoms with van der Waals surface area (Å²) < 4.78 is 5.01. The topological polar surface area (TPSA) is 65.2 Å². The van der Waals surface area contributed by atoms with Crippen LogP contribution in [0.5, 0.6) is 0 Å². The lowest BCUT2D eigenvalue weighted by atomic mass is 10.1. The van der Waals surface area contributed by atoms with Gasteiger partial charge in [0, 0.05) is 12.5 Å². The highest BCUT2D eigenvalue weighted by Crippen LogP contribution is 2.40. The van der Waals surface area contributed by atoms with Crippen molar-refractivity contribution in [3.63, 3.8) is 0 Å². The molecule has 86 valence electrons. The first kappa shape index (κ1) is 11.1. The molecule has 1 aromatic heterocycles. The fourth-order valence-electron chi connectivity index (χ4n) is 1.68. The lowest BCUT2D eigenvalue weighted by molar-refractivity contribution is 0.0524. The fourth-order valence-corrected chi connectivity index (χ4v) is 1.68. The second-order valence-corrected chi connectivity index (χ2v) is 3.93. The Hall–Kier alpha value is -1.42. The molecule has 1 aliphatic carbocycles. The summed E-state index contributed by atoms with van der Waals surface area (Å²) in [4.78, 5) is 16.1. The van der Waals surface area contributed by atoms with E-state index in [2.05, 4.69) is 4.98 Å². The Morgan fingerprint density at radius 2 is 2.31 bits per heavy atom. The van der Waals surface area contributed by atoms with Gasteiger partial charge in [0.05, 0.1) is 23.6 Å². The monoisotopic (exact) mass is 220 g/mol. The Morgan fingerprint density at radius 1 is 1.56 bits per heavy atom. The van der Waals surface area contributed by atoms with E-state index >= 15 is 0 Å². The van der Waals surface area contributed by atoms with E-state index in [4.69, 9.17) is 10.5 Å². The van der Waals surface area contributed by atoms with Crippen molar-refractivity contribution in [3.05, 3.63) is 29.1 Å². The predicted molar refractivity (Wildman–Crippen MR) is 60.1 cm³/mol. The first-order valence-corrected chi connectivity index (χ1v) is 5.63. The molecule has 0 spiro atoms. The van der Waals surface area contributed by atoms with Crippen molar-refractivity contribution in [1.82, 2.24) is 4.98 Å². The van der Waals surface area contributed by atoms with E-state index in [1.165, 1.54) is 0 Å². The number of nitrogens with two attached hydrogens (primary N) is 1. The zero-order valence-electron chi connectivity index (χ0n) is 9.40. The molecule has 1 aromatic rings. The molecule has 0 aliphatic heterocycles. The third kappa shape index (κ3) is 2.22. The summed E-state index contributed by atoms with van der Waals surface area (Å²) in [5.41, 5.74) is 7.84. The number of hydrogen-bond acceptors (Lipinski definition) is 4. The number of carbonyl (C=O) groups excluding carboxylic acids is 1. The van der Waals surface area contributed by atoms with Crippen LogP contribution in [-0.4, -0.2) is 17.6 Å². The summed E-state index contributed by atoms with van der Waals surface area (Å²) in [6, 6.07) is 3.57. The van der Waals surface area contributed by atoms with E-state index < -0.39 is 0 Å². The molecule has 16 heavy (non-hydrogen) atoms. The largest absolute Gasteiger partial charge is 0.462 e. The van der Waals surface area contributed by atoms with Gasteiger partial charge >= 0.3 is 5.97 Å². The summed E-state index contributed by atoms with van der Waals surface area (Å²) in [7, 11) is 0. The smallest absolute Gasteiger partial charge is 0.339 e. The van der Waals surface area contributed by atoms with Crippen molar-refractivity contribution in [3.8, 4) is 0 Å². The molecular weight excluding hydrogens is 204 g/mol. The highest BCUT2D eigenvalue weighted by molar-refractivity contribution is 5.91. The molecule has 1 fully saturated rings. The number of hydrogen-bond donors (Lipinski definition) is 1. The summed E-state index contributed by atoms with van der Waals surface area (Å²) in [6.45, 7) is 2.60. The molecule has 1 saturated carbocycles. The van der Waals surface area contributed by atoms with Gasteiger partial charge in [-0.3, -0.25) is 4.98 Å². The SMILES string of the molecule is CCOC(=O)c1ccc(CN)nc1C1CC1. The van der Waals surface area contributed by atoms with Crippen molar-refractivity contribution in [1.29, 1.82) is 0 Å². The minimum absolute atomic E-state index is 0.277. The fraction of sp³-hybridized carbons (Fsp3) is 0.500. The van der Waals surface area contributed by atoms with Gasteiger partial charge in [-0.25, -0.2) is 4.79 Å². The summed E-state index contributed by atoms with van der Waals surface area (Å²) in [5, 5.41) is 0. The standard InChI is InChI=1S/C12H16N2O2/c1-2-16-12(15)10-6-5-9(7-13)14-11(10)8-3-4-8/h5-6,8H,2-4,7,13H2,1H3. The van der Waals surface area contributed by atoms with Crippen LogP contribution in [0, 0.1) is 0 Å². The van der Waals surface area contributed by atoms with E-state index in [1.807, 2.05) is 0 Å². The number of rotatable bonds is 4. The number of carbonyl (C=O) groups is 1. The van der Waals surface area contributed by atoms with Crippen molar-refractivity contribution in [2.75, 3.05) is 6.61 Å². The molecule has 0 atom stereocenters. The quantitative estimate of drug-likeness (QED) is 0.783. The van der Waals surface area contributed by atoms with Crippen molar-refractivity contribution < 1.29 is 9.53 Å². The van der Waals surface area contributed by atoms with Crippen LogP contribution in [0.3, 0.4) is 0 Å². The van der Waals surface area contributed by atoms with Crippen LogP contribution in [-0.2, 0) is 11.3 Å². The number of pyridine rings is 1. The molecule has 0 aromatic carbocycles. The third-order valence-electron chi connectivity index (χ3n) is 2.65. The van der Waals surface area contributed by atoms with Gasteiger partial charge < -0.3 is 10.5 Å². The first-order chi connectivity index (χ1) is 7.76. The number of aromatic nitrogens is 1. The second-order valence-electron chi connectivity index (χ2n) is 3.93. The maximum absolute atomic E-state index is 11.7. The minimum atomic E-state index is -0.277. The zero-order valence-corrected chi connectivity index (χ0v) is 9.40. The average molecular weight is 220 g/mol. The second kappa shape index (κ2) is 4.61. The van der Waals surface area contributed by atoms with E-state index in [0.717, 1.165) is 24.2 Å². The van der Waals surface area contributed by atoms with Crippen LogP contribution in [0.25, 0.3) is 0 Å². The highest BCUT2D eigenvalue weighted by Gasteiger charge is 2.30. The van der Waals surface area contributed by atoms with Crippen LogP contribution in [0.15, 0.2) is 12.1 Å². The minimum Gasteiger partial charge on any atom is -0.462 e. The lowest BCUT2D eigenvalue weighted by Crippen LogP contribution is -2.11. The van der Waals surface area contributed by atoms with E-state index in [1.54, 1.807) is 19.1 Å². The highest BCUT2D eigenvalue weighted by atomic mass is 16.5. The van der Waals surface area contributed by atoms with Crippen LogP contribution >= 0.6 is 0 Å². The Labute approximate surface area is 94.8 Å². The molecule has 0 bridgehead atoms. The van der Waals surface area contributed by atoms with Gasteiger partial charge in [0.1, 0.15) is 0 Å². The van der Waals surface area contributed by atoms with Crippen molar-refractivity contribution in [2.24, 2.45) is 5.73 Å². The summed E-state index contributed by atoms with van der Waals surface area (Å²) >= 11 is 0. The number of nitrogens with zero attached hydrogens (tertiary/aromatic N) is 1. The molecule has 0 saturated heterocycles. The molecule has 0 amide bonds. The van der Waals surface area contributed by atoms with E-state index in [0.29, 0.717) is 24.6 Å². The number of esters is 1. The molecule has 4 nitrogen and oxygen atoms in total. The maximum atomic E-state index is 11.7. The van der Waals surface area contributed by atoms with Gasteiger partial charge in [0.15, 0.2) is 0 Å². The van der Waals surface area contributed by atoms with Crippen LogP contribution in [0.1, 0.15) is 47.4 Å². The van der Waals surface area contributed by atoms with Gasteiger partial charge in [-0.2, -0.15) is 0 Å². The first-order valence-electron chi connectivity index (χ1n) is 5.63. The van der Waals surface area contributed by atoms with Gasteiger partial charge in [-0.1, -0.05) is 0 Å². The molecular formula is C12H16N2O2. The van der Waals surface area contributed by atoms with Crippen LogP contribution in [0.4, 0.5) is 0 Å². The molecule has 2 N–H and O–H groups in total. The molecule has 4 heteroatoms. The van der Waals surface area contributed by atoms with E-state index in [9.17, 15) is 4.79 Å². The third-order valence-corrected chi connectivity index (χ3v) is 2.65. The van der Waals surface area contributed by atoms with Crippen molar-refractivity contribution >= 4 is 5.97 Å².